The molecule has 0 bridgehead atoms. The highest BCUT2D eigenvalue weighted by Crippen LogP contribution is 2.38. The largest absolute Gasteiger partial charge is 0.386 e. The van der Waals surface area contributed by atoms with Crippen molar-refractivity contribution in [3.8, 4) is 0 Å². The second-order valence-electron chi connectivity index (χ2n) is 3.27. The van der Waals surface area contributed by atoms with Crippen molar-refractivity contribution in [2.24, 2.45) is 10.7 Å². The van der Waals surface area contributed by atoms with Crippen molar-refractivity contribution >= 4 is 23.3 Å². The zero-order valence-corrected chi connectivity index (χ0v) is 8.61. The molecule has 2 nitrogen and oxygen atoms in total. The summed E-state index contributed by atoms with van der Waals surface area (Å²) in [6.07, 6.45) is 0. The molecule has 2 rings (SSSR count). The number of hydrogen-bond donors (Lipinski definition) is 1. The maximum Gasteiger partial charge on any atom is 0.110 e. The van der Waals surface area contributed by atoms with Crippen LogP contribution in [-0.2, 0) is 0 Å². The lowest BCUT2D eigenvalue weighted by Crippen LogP contribution is -2.16. The van der Waals surface area contributed by atoms with Gasteiger partial charge in [0.2, 0.25) is 0 Å². The van der Waals surface area contributed by atoms with Crippen LogP contribution < -0.4 is 5.73 Å². The highest BCUT2D eigenvalue weighted by Gasteiger charge is 2.14. The molecule has 1 aliphatic rings. The zero-order valence-electron chi connectivity index (χ0n) is 7.79. The molecule has 1 aliphatic heterocycles. The lowest BCUT2D eigenvalue weighted by atomic mass is 10.1. The Hall–Kier alpha value is -0.960. The summed E-state index contributed by atoms with van der Waals surface area (Å²) in [4.78, 5) is 5.67. The monoisotopic (exact) mass is 192 g/mol. The zero-order chi connectivity index (χ0) is 9.42. The van der Waals surface area contributed by atoms with Crippen molar-refractivity contribution < 1.29 is 0 Å². The molecule has 0 atom stereocenters. The Kier molecular flexibility index (Phi) is 2.04. The second-order valence-corrected chi connectivity index (χ2v) is 4.25. The smallest absolute Gasteiger partial charge is 0.110 e. The quantitative estimate of drug-likeness (QED) is 0.685. The van der Waals surface area contributed by atoms with Gasteiger partial charge in [-0.05, 0) is 25.0 Å². The van der Waals surface area contributed by atoms with E-state index in [2.05, 4.69) is 31.0 Å². The average molecular weight is 192 g/mol. The van der Waals surface area contributed by atoms with Crippen LogP contribution in [0.1, 0.15) is 11.1 Å². The fourth-order valence-corrected chi connectivity index (χ4v) is 2.41. The summed E-state index contributed by atoms with van der Waals surface area (Å²) in [7, 11) is 0. The number of nitrogens with zero attached hydrogens (tertiary/aromatic N) is 1. The van der Waals surface area contributed by atoms with Crippen LogP contribution in [0, 0.1) is 13.8 Å². The van der Waals surface area contributed by atoms with Gasteiger partial charge in [0.1, 0.15) is 5.84 Å². The number of benzene rings is 1. The highest BCUT2D eigenvalue weighted by molar-refractivity contribution is 8.00. The van der Waals surface area contributed by atoms with Gasteiger partial charge in [-0.1, -0.05) is 12.1 Å². The van der Waals surface area contributed by atoms with Gasteiger partial charge in [0, 0.05) is 4.90 Å². The lowest BCUT2D eigenvalue weighted by molar-refractivity contribution is 1.21. The first kappa shape index (κ1) is 8.63. The minimum absolute atomic E-state index is 0.728. The highest BCUT2D eigenvalue weighted by atomic mass is 32.2. The lowest BCUT2D eigenvalue weighted by Gasteiger charge is -2.16. The van der Waals surface area contributed by atoms with Gasteiger partial charge in [-0.15, -0.1) is 11.8 Å². The van der Waals surface area contributed by atoms with Gasteiger partial charge in [-0.3, -0.25) is 0 Å². The van der Waals surface area contributed by atoms with Gasteiger partial charge in [-0.25, -0.2) is 4.99 Å². The topological polar surface area (TPSA) is 38.4 Å². The summed E-state index contributed by atoms with van der Waals surface area (Å²) in [5.41, 5.74) is 9.26. The summed E-state index contributed by atoms with van der Waals surface area (Å²) in [6.45, 7) is 4.18. The number of nitrogens with two attached hydrogens (primary N) is 1. The molecule has 1 aromatic rings. The van der Waals surface area contributed by atoms with E-state index < -0.39 is 0 Å². The van der Waals surface area contributed by atoms with E-state index >= 15 is 0 Å². The molecule has 68 valence electrons. The normalized spacial score (nSPS) is 15.1. The SMILES string of the molecule is Cc1ccc(C)c2c1N=C(N)CS2. The molecular formula is C10H12N2S. The van der Waals surface area contributed by atoms with Crippen molar-refractivity contribution in [2.75, 3.05) is 5.75 Å². The molecule has 0 aromatic heterocycles. The Morgan fingerprint density at radius 3 is 2.77 bits per heavy atom. The maximum atomic E-state index is 5.70. The molecule has 1 aromatic carbocycles. The number of hydrogen-bond acceptors (Lipinski definition) is 3. The summed E-state index contributed by atoms with van der Waals surface area (Å²) >= 11 is 1.78. The van der Waals surface area contributed by atoms with E-state index in [9.17, 15) is 0 Å². The fraction of sp³-hybridized carbons (Fsp3) is 0.300. The molecule has 0 saturated heterocycles. The molecule has 0 unspecified atom stereocenters. The third-order valence-corrected chi connectivity index (χ3v) is 3.39. The molecule has 0 saturated carbocycles. The minimum atomic E-state index is 0.728. The first-order valence-electron chi connectivity index (χ1n) is 4.24. The van der Waals surface area contributed by atoms with E-state index in [-0.39, 0.29) is 0 Å². The van der Waals surface area contributed by atoms with Crippen LogP contribution in [0.2, 0.25) is 0 Å². The molecule has 0 spiro atoms. The van der Waals surface area contributed by atoms with Crippen molar-refractivity contribution in [2.45, 2.75) is 18.7 Å². The Labute approximate surface area is 82.2 Å². The molecular weight excluding hydrogens is 180 g/mol. The first-order chi connectivity index (χ1) is 6.18. The van der Waals surface area contributed by atoms with Crippen molar-refractivity contribution in [1.29, 1.82) is 0 Å². The number of rotatable bonds is 0. The van der Waals surface area contributed by atoms with Crippen LogP contribution in [0.5, 0.6) is 0 Å². The third-order valence-electron chi connectivity index (χ3n) is 2.15. The van der Waals surface area contributed by atoms with Gasteiger partial charge in [-0.2, -0.15) is 0 Å². The van der Waals surface area contributed by atoms with E-state index in [0.717, 1.165) is 17.3 Å². The fourth-order valence-electron chi connectivity index (χ4n) is 1.41. The molecule has 3 heteroatoms. The number of aryl methyl sites for hydroxylation is 2. The molecule has 0 fully saturated rings. The van der Waals surface area contributed by atoms with Gasteiger partial charge in [0.25, 0.3) is 0 Å². The molecule has 0 amide bonds. The van der Waals surface area contributed by atoms with Crippen LogP contribution in [0.4, 0.5) is 5.69 Å². The Balaban J connectivity index is 2.65. The van der Waals surface area contributed by atoms with E-state index in [1.54, 1.807) is 11.8 Å². The molecule has 0 aliphatic carbocycles. The Bertz CT molecular complexity index is 383. The van der Waals surface area contributed by atoms with Crippen molar-refractivity contribution in [1.82, 2.24) is 0 Å². The molecule has 13 heavy (non-hydrogen) atoms. The van der Waals surface area contributed by atoms with Gasteiger partial charge < -0.3 is 5.73 Å². The van der Waals surface area contributed by atoms with Crippen LogP contribution in [0.15, 0.2) is 22.0 Å². The summed E-state index contributed by atoms with van der Waals surface area (Å²) in [5.74, 6) is 1.54. The maximum absolute atomic E-state index is 5.70. The molecule has 0 radical (unpaired) electrons. The summed E-state index contributed by atoms with van der Waals surface area (Å²) in [5, 5.41) is 0. The molecule has 1 heterocycles. The average Bonchev–Trinajstić information content (AvgIpc) is 2.12. The van der Waals surface area contributed by atoms with E-state index in [1.165, 1.54) is 16.0 Å². The van der Waals surface area contributed by atoms with Gasteiger partial charge in [0.15, 0.2) is 0 Å². The van der Waals surface area contributed by atoms with Crippen LogP contribution >= 0.6 is 11.8 Å². The number of aliphatic imine (C=N–C) groups is 1. The standard InChI is InChI=1S/C10H12N2S/c1-6-3-4-7(2)10-9(6)12-8(11)5-13-10/h3-4H,5H2,1-2H3,(H2,11,12). The van der Waals surface area contributed by atoms with E-state index in [0.29, 0.717) is 0 Å². The van der Waals surface area contributed by atoms with Crippen LogP contribution in [0.3, 0.4) is 0 Å². The Morgan fingerprint density at radius 2 is 2.00 bits per heavy atom. The number of fused-ring (bicyclic) bond motifs is 1. The first-order valence-corrected chi connectivity index (χ1v) is 5.23. The van der Waals surface area contributed by atoms with Crippen molar-refractivity contribution in [3.63, 3.8) is 0 Å². The summed E-state index contributed by atoms with van der Waals surface area (Å²) < 4.78 is 0. The second kappa shape index (κ2) is 3.07. The molecule has 2 N–H and O–H groups in total. The van der Waals surface area contributed by atoms with E-state index in [1.807, 2.05) is 0 Å². The number of thioether (sulfide) groups is 1. The number of amidine groups is 1. The Morgan fingerprint density at radius 1 is 1.31 bits per heavy atom. The predicted molar refractivity (Wildman–Crippen MR) is 57.9 cm³/mol. The van der Waals surface area contributed by atoms with E-state index in [4.69, 9.17) is 5.73 Å². The minimum Gasteiger partial charge on any atom is -0.386 e. The van der Waals surface area contributed by atoms with Gasteiger partial charge in [0.05, 0.1) is 11.4 Å². The van der Waals surface area contributed by atoms with Crippen LogP contribution in [0.25, 0.3) is 0 Å². The van der Waals surface area contributed by atoms with Crippen LogP contribution in [-0.4, -0.2) is 11.6 Å². The summed E-state index contributed by atoms with van der Waals surface area (Å²) in [6, 6.07) is 4.23. The predicted octanol–water partition coefficient (Wildman–Crippen LogP) is 2.40. The van der Waals surface area contributed by atoms with Gasteiger partial charge >= 0.3 is 0 Å². The third kappa shape index (κ3) is 1.44. The van der Waals surface area contributed by atoms with Crippen molar-refractivity contribution in [3.05, 3.63) is 23.3 Å².